The fourth-order valence-electron chi connectivity index (χ4n) is 1.83. The van der Waals surface area contributed by atoms with Gasteiger partial charge in [-0.15, -0.1) is 0 Å². The molecule has 106 valence electrons. The molecule has 0 radical (unpaired) electrons. The summed E-state index contributed by atoms with van der Waals surface area (Å²) in [5, 5.41) is 10.0. The van der Waals surface area contributed by atoms with Crippen LogP contribution in [0.5, 0.6) is 11.5 Å². The Balaban J connectivity index is 2.33. The summed E-state index contributed by atoms with van der Waals surface area (Å²) in [6.45, 7) is 1.11. The van der Waals surface area contributed by atoms with Gasteiger partial charge in [-0.3, -0.25) is 0 Å². The Morgan fingerprint density at radius 2 is 1.89 bits per heavy atom. The number of halogens is 1. The molecule has 1 aliphatic heterocycles. The zero-order chi connectivity index (χ0) is 14.0. The predicted molar refractivity (Wildman–Crippen MR) is 74.4 cm³/mol. The molecule has 1 heterocycles. The van der Waals surface area contributed by atoms with Crippen molar-refractivity contribution in [2.24, 2.45) is 0 Å². The van der Waals surface area contributed by atoms with E-state index in [-0.39, 0.29) is 5.75 Å². The van der Waals surface area contributed by atoms with Crippen LogP contribution in [-0.2, 0) is 9.84 Å². The molecular weight excluding hydrogens is 336 g/mol. The summed E-state index contributed by atoms with van der Waals surface area (Å²) in [5.41, 5.74) is 0.481. The summed E-state index contributed by atoms with van der Waals surface area (Å²) in [7, 11) is -3.26. The smallest absolute Gasteiger partial charge is 0.162 e. The second kappa shape index (κ2) is 5.68. The van der Waals surface area contributed by atoms with Crippen LogP contribution in [0.2, 0.25) is 0 Å². The molecule has 0 spiro atoms. The molecule has 1 aromatic rings. The molecule has 0 saturated heterocycles. The SMILES string of the molecule is CS(=O)(=O)CC(O)c1cc2c(cc1Br)OCCCO2. The number of sulfone groups is 1. The van der Waals surface area contributed by atoms with Gasteiger partial charge in [0.05, 0.1) is 25.1 Å². The summed E-state index contributed by atoms with van der Waals surface area (Å²) in [4.78, 5) is 0. The zero-order valence-corrected chi connectivity index (χ0v) is 12.8. The minimum absolute atomic E-state index is 0.328. The highest BCUT2D eigenvalue weighted by atomic mass is 79.9. The third-order valence-corrected chi connectivity index (χ3v) is 4.29. The van der Waals surface area contributed by atoms with Crippen molar-refractivity contribution in [2.45, 2.75) is 12.5 Å². The van der Waals surface area contributed by atoms with Crippen LogP contribution in [0.3, 0.4) is 0 Å². The maximum atomic E-state index is 11.2. The summed E-state index contributed by atoms with van der Waals surface area (Å²) in [6.07, 6.45) is 0.780. The lowest BCUT2D eigenvalue weighted by molar-refractivity contribution is 0.200. The first-order valence-corrected chi connectivity index (χ1v) is 8.67. The number of ether oxygens (including phenoxy) is 2. The molecule has 19 heavy (non-hydrogen) atoms. The molecule has 7 heteroatoms. The zero-order valence-electron chi connectivity index (χ0n) is 10.4. The quantitative estimate of drug-likeness (QED) is 0.897. The van der Waals surface area contributed by atoms with Gasteiger partial charge in [-0.05, 0) is 17.7 Å². The van der Waals surface area contributed by atoms with E-state index < -0.39 is 15.9 Å². The highest BCUT2D eigenvalue weighted by molar-refractivity contribution is 9.10. The minimum Gasteiger partial charge on any atom is -0.490 e. The largest absolute Gasteiger partial charge is 0.490 e. The second-order valence-electron chi connectivity index (χ2n) is 4.48. The predicted octanol–water partition coefficient (Wildman–Crippen LogP) is 1.69. The fraction of sp³-hybridized carbons (Fsp3) is 0.500. The number of fused-ring (bicyclic) bond motifs is 1. The van der Waals surface area contributed by atoms with E-state index in [2.05, 4.69) is 15.9 Å². The van der Waals surface area contributed by atoms with Crippen molar-refractivity contribution in [1.29, 1.82) is 0 Å². The van der Waals surface area contributed by atoms with Crippen molar-refractivity contribution in [2.75, 3.05) is 25.2 Å². The Kier molecular flexibility index (Phi) is 4.37. The number of rotatable bonds is 3. The van der Waals surface area contributed by atoms with Crippen molar-refractivity contribution in [3.8, 4) is 11.5 Å². The monoisotopic (exact) mass is 350 g/mol. The first-order chi connectivity index (χ1) is 8.87. The van der Waals surface area contributed by atoms with Crippen molar-refractivity contribution < 1.29 is 23.0 Å². The molecule has 1 aliphatic rings. The number of hydrogen-bond acceptors (Lipinski definition) is 5. The number of aliphatic hydroxyl groups is 1. The Hall–Kier alpha value is -0.790. The molecule has 1 N–H and O–H groups in total. The van der Waals surface area contributed by atoms with Crippen LogP contribution in [0.25, 0.3) is 0 Å². The van der Waals surface area contributed by atoms with Gasteiger partial charge < -0.3 is 14.6 Å². The normalized spacial score (nSPS) is 16.8. The van der Waals surface area contributed by atoms with Gasteiger partial charge in [-0.1, -0.05) is 15.9 Å². The van der Waals surface area contributed by atoms with Crippen molar-refractivity contribution in [3.05, 3.63) is 22.2 Å². The maximum Gasteiger partial charge on any atom is 0.162 e. The molecule has 1 atom stereocenters. The fourth-order valence-corrected chi connectivity index (χ4v) is 3.17. The third kappa shape index (κ3) is 3.84. The molecule has 1 aromatic carbocycles. The molecule has 0 fully saturated rings. The lowest BCUT2D eigenvalue weighted by Gasteiger charge is -2.15. The standard InChI is InChI=1S/C12H15BrO5S/c1-19(15,16)7-10(14)8-5-11-12(6-9(8)13)18-4-2-3-17-11/h5-6,10,14H,2-4,7H2,1H3. The summed E-state index contributed by atoms with van der Waals surface area (Å²) < 4.78 is 34.1. The Bertz CT molecular complexity index is 570. The molecule has 2 rings (SSSR count). The lowest BCUT2D eigenvalue weighted by atomic mass is 10.1. The van der Waals surface area contributed by atoms with E-state index in [1.165, 1.54) is 0 Å². The van der Waals surface area contributed by atoms with E-state index in [4.69, 9.17) is 9.47 Å². The van der Waals surface area contributed by atoms with Crippen LogP contribution in [-0.4, -0.2) is 38.7 Å². The summed E-state index contributed by atoms with van der Waals surface area (Å²) in [5.74, 6) is 0.800. The second-order valence-corrected chi connectivity index (χ2v) is 7.52. The van der Waals surface area contributed by atoms with Crippen LogP contribution >= 0.6 is 15.9 Å². The van der Waals surface area contributed by atoms with Gasteiger partial charge in [0.1, 0.15) is 9.84 Å². The third-order valence-electron chi connectivity index (χ3n) is 2.69. The minimum atomic E-state index is -3.26. The summed E-state index contributed by atoms with van der Waals surface area (Å²) in [6, 6.07) is 3.32. The van der Waals surface area contributed by atoms with Crippen LogP contribution in [0.15, 0.2) is 16.6 Å². The van der Waals surface area contributed by atoms with Gasteiger partial charge in [-0.25, -0.2) is 8.42 Å². The average Bonchev–Trinajstić information content (AvgIpc) is 2.50. The molecule has 0 amide bonds. The first kappa shape index (κ1) is 14.6. The van der Waals surface area contributed by atoms with E-state index >= 15 is 0 Å². The molecule has 0 bridgehead atoms. The maximum absolute atomic E-state index is 11.2. The first-order valence-electron chi connectivity index (χ1n) is 5.81. The van der Waals surface area contributed by atoms with Crippen molar-refractivity contribution in [1.82, 2.24) is 0 Å². The number of hydrogen-bond donors (Lipinski definition) is 1. The summed E-state index contributed by atoms with van der Waals surface area (Å²) >= 11 is 3.32. The Morgan fingerprint density at radius 1 is 1.32 bits per heavy atom. The van der Waals surface area contributed by atoms with Crippen LogP contribution in [0, 0.1) is 0 Å². The van der Waals surface area contributed by atoms with Gasteiger partial charge in [0.25, 0.3) is 0 Å². The molecular formula is C12H15BrO5S. The molecule has 0 saturated carbocycles. The van der Waals surface area contributed by atoms with Gasteiger partial charge in [0, 0.05) is 17.1 Å². The van der Waals surface area contributed by atoms with E-state index in [1.54, 1.807) is 12.1 Å². The van der Waals surface area contributed by atoms with Gasteiger partial charge >= 0.3 is 0 Å². The highest BCUT2D eigenvalue weighted by Crippen LogP contribution is 2.37. The molecule has 5 nitrogen and oxygen atoms in total. The van der Waals surface area contributed by atoms with E-state index in [1.807, 2.05) is 0 Å². The van der Waals surface area contributed by atoms with Gasteiger partial charge in [0.15, 0.2) is 11.5 Å². The highest BCUT2D eigenvalue weighted by Gasteiger charge is 2.21. The van der Waals surface area contributed by atoms with Gasteiger partial charge in [-0.2, -0.15) is 0 Å². The average molecular weight is 351 g/mol. The van der Waals surface area contributed by atoms with Crippen LogP contribution in [0.4, 0.5) is 0 Å². The Labute approximate surface area is 120 Å². The van der Waals surface area contributed by atoms with E-state index in [0.29, 0.717) is 34.7 Å². The lowest BCUT2D eigenvalue weighted by Crippen LogP contribution is -2.13. The van der Waals surface area contributed by atoms with Crippen LogP contribution < -0.4 is 9.47 Å². The Morgan fingerprint density at radius 3 is 2.47 bits per heavy atom. The topological polar surface area (TPSA) is 72.8 Å². The van der Waals surface area contributed by atoms with Crippen molar-refractivity contribution in [3.63, 3.8) is 0 Å². The van der Waals surface area contributed by atoms with Gasteiger partial charge in [0.2, 0.25) is 0 Å². The molecule has 1 unspecified atom stereocenters. The number of aliphatic hydroxyl groups excluding tert-OH is 1. The van der Waals surface area contributed by atoms with E-state index in [9.17, 15) is 13.5 Å². The van der Waals surface area contributed by atoms with E-state index in [0.717, 1.165) is 12.7 Å². The molecule has 0 aliphatic carbocycles. The van der Waals surface area contributed by atoms with Crippen molar-refractivity contribution >= 4 is 25.8 Å². The molecule has 0 aromatic heterocycles. The van der Waals surface area contributed by atoms with Crippen LogP contribution in [0.1, 0.15) is 18.1 Å². The number of benzene rings is 1.